The van der Waals surface area contributed by atoms with Crippen molar-refractivity contribution in [3.05, 3.63) is 35.4 Å². The van der Waals surface area contributed by atoms with Crippen molar-refractivity contribution in [2.24, 2.45) is 17.3 Å². The van der Waals surface area contributed by atoms with Gasteiger partial charge in [-0.3, -0.25) is 4.79 Å². The molecule has 1 heterocycles. The molecule has 4 atom stereocenters. The van der Waals surface area contributed by atoms with E-state index in [2.05, 4.69) is 49.9 Å². The maximum atomic E-state index is 13.5. The molecule has 0 aromatic heterocycles. The van der Waals surface area contributed by atoms with Gasteiger partial charge in [0.1, 0.15) is 0 Å². The third kappa shape index (κ3) is 2.54. The molecule has 1 saturated carbocycles. The van der Waals surface area contributed by atoms with E-state index in [1.54, 1.807) is 0 Å². The van der Waals surface area contributed by atoms with E-state index in [0.717, 1.165) is 45.1 Å². The molecule has 3 heteroatoms. The van der Waals surface area contributed by atoms with Crippen molar-refractivity contribution in [3.63, 3.8) is 0 Å². The average molecular weight is 356 g/mol. The van der Waals surface area contributed by atoms with Gasteiger partial charge in [-0.25, -0.2) is 0 Å². The highest BCUT2D eigenvalue weighted by Gasteiger charge is 2.57. The quantitative estimate of drug-likeness (QED) is 0.873. The summed E-state index contributed by atoms with van der Waals surface area (Å²) in [5, 5.41) is 9.54. The summed E-state index contributed by atoms with van der Waals surface area (Å²) in [7, 11) is 0. The molecule has 1 N–H and O–H groups in total. The number of carbonyl (C=O) groups excluding carboxylic acids is 1. The predicted octanol–water partition coefficient (Wildman–Crippen LogP) is 3.93. The summed E-state index contributed by atoms with van der Waals surface area (Å²) < 4.78 is 0. The number of benzene rings is 1. The Balaban J connectivity index is 1.64. The van der Waals surface area contributed by atoms with Gasteiger partial charge in [0.2, 0.25) is 5.91 Å². The van der Waals surface area contributed by atoms with E-state index < -0.39 is 0 Å². The number of amides is 1. The first kappa shape index (κ1) is 18.0. The largest absolute Gasteiger partial charge is 0.396 e. The lowest BCUT2D eigenvalue weighted by Gasteiger charge is -2.61. The molecule has 2 bridgehead atoms. The van der Waals surface area contributed by atoms with Gasteiger partial charge in [0, 0.05) is 30.5 Å². The summed E-state index contributed by atoms with van der Waals surface area (Å²) in [6.45, 7) is 8.24. The minimum Gasteiger partial charge on any atom is -0.396 e. The summed E-state index contributed by atoms with van der Waals surface area (Å²) in [4.78, 5) is 15.7. The molecule has 0 spiro atoms. The van der Waals surface area contributed by atoms with Crippen molar-refractivity contribution >= 4 is 5.91 Å². The molecule has 26 heavy (non-hydrogen) atoms. The van der Waals surface area contributed by atoms with Crippen molar-refractivity contribution in [3.8, 4) is 0 Å². The summed E-state index contributed by atoms with van der Waals surface area (Å²) in [5.74, 6) is 0.772. The van der Waals surface area contributed by atoms with Crippen LogP contribution in [0.25, 0.3) is 0 Å². The van der Waals surface area contributed by atoms with Gasteiger partial charge >= 0.3 is 0 Å². The number of hydrogen-bond donors (Lipinski definition) is 1. The van der Waals surface area contributed by atoms with Crippen molar-refractivity contribution in [2.45, 2.75) is 70.8 Å². The number of carbonyl (C=O) groups is 1. The van der Waals surface area contributed by atoms with E-state index in [4.69, 9.17) is 0 Å². The highest BCUT2D eigenvalue weighted by Crippen LogP contribution is 2.56. The Hall–Kier alpha value is -1.35. The Morgan fingerprint density at radius 1 is 1.23 bits per heavy atom. The fraction of sp³-hybridized carbons (Fsp3) is 0.696. The van der Waals surface area contributed by atoms with E-state index in [1.165, 1.54) is 11.1 Å². The van der Waals surface area contributed by atoms with Crippen LogP contribution in [0.15, 0.2) is 24.3 Å². The summed E-state index contributed by atoms with van der Waals surface area (Å²) in [6.07, 6.45) is 6.01. The maximum absolute atomic E-state index is 13.5. The van der Waals surface area contributed by atoms with Crippen LogP contribution >= 0.6 is 0 Å². The van der Waals surface area contributed by atoms with Crippen LogP contribution < -0.4 is 0 Å². The summed E-state index contributed by atoms with van der Waals surface area (Å²) in [5.41, 5.74) is 3.11. The van der Waals surface area contributed by atoms with E-state index in [-0.39, 0.29) is 29.4 Å². The second-order valence-corrected chi connectivity index (χ2v) is 9.62. The number of piperidine rings is 1. The molecule has 1 aromatic carbocycles. The van der Waals surface area contributed by atoms with E-state index in [1.807, 2.05) is 0 Å². The molecule has 2 aliphatic carbocycles. The highest BCUT2D eigenvalue weighted by atomic mass is 16.3. The van der Waals surface area contributed by atoms with E-state index in [9.17, 15) is 9.90 Å². The smallest absolute Gasteiger partial charge is 0.225 e. The number of hydrogen-bond acceptors (Lipinski definition) is 2. The lowest BCUT2D eigenvalue weighted by Crippen LogP contribution is -2.65. The molecule has 1 aliphatic heterocycles. The Bertz CT molecular complexity index is 697. The van der Waals surface area contributed by atoms with Crippen LogP contribution in [0.2, 0.25) is 0 Å². The van der Waals surface area contributed by atoms with Crippen LogP contribution in [0.3, 0.4) is 0 Å². The zero-order valence-electron chi connectivity index (χ0n) is 16.5. The highest BCUT2D eigenvalue weighted by molar-refractivity contribution is 5.80. The normalized spacial score (nSPS) is 35.7. The standard InChI is InChI=1S/C23H33NO2/c1-22(2)20-14-17-8-4-5-10-19(17)23(22,3)11-12-24(20)21(26)18-9-6-7-16(13-18)15-25/h4-5,8,10,16,18,20,25H,6-7,9,11-15H2,1-3H3/t16?,18?,20-,23+/m1/s1. The molecule has 4 rings (SSSR count). The monoisotopic (exact) mass is 355 g/mol. The molecular formula is C23H33NO2. The zero-order chi connectivity index (χ0) is 18.5. The average Bonchev–Trinajstić information content (AvgIpc) is 2.64. The molecule has 3 aliphatic rings. The molecule has 1 amide bonds. The van der Waals surface area contributed by atoms with Crippen LogP contribution in [0.1, 0.15) is 64.0 Å². The van der Waals surface area contributed by atoms with Gasteiger partial charge in [0.25, 0.3) is 0 Å². The Labute approximate surface area is 157 Å². The molecule has 2 fully saturated rings. The number of nitrogens with zero attached hydrogens (tertiary/aromatic N) is 1. The van der Waals surface area contributed by atoms with Gasteiger partial charge in [-0.05, 0) is 54.6 Å². The first-order valence-electron chi connectivity index (χ1n) is 10.4. The fourth-order valence-corrected chi connectivity index (χ4v) is 6.05. The number of rotatable bonds is 2. The van der Waals surface area contributed by atoms with E-state index >= 15 is 0 Å². The van der Waals surface area contributed by atoms with Crippen LogP contribution in [0.5, 0.6) is 0 Å². The summed E-state index contributed by atoms with van der Waals surface area (Å²) in [6, 6.07) is 9.13. The van der Waals surface area contributed by atoms with Crippen LogP contribution in [0.4, 0.5) is 0 Å². The maximum Gasteiger partial charge on any atom is 0.225 e. The molecular weight excluding hydrogens is 322 g/mol. The molecule has 1 aromatic rings. The lowest BCUT2D eigenvalue weighted by atomic mass is 9.51. The molecule has 142 valence electrons. The molecule has 1 saturated heterocycles. The van der Waals surface area contributed by atoms with Crippen LogP contribution in [-0.2, 0) is 16.6 Å². The zero-order valence-corrected chi connectivity index (χ0v) is 16.5. The summed E-state index contributed by atoms with van der Waals surface area (Å²) >= 11 is 0. The Kier molecular flexibility index (Phi) is 4.42. The van der Waals surface area contributed by atoms with Gasteiger partial charge in [0.05, 0.1) is 0 Å². The van der Waals surface area contributed by atoms with Crippen molar-refractivity contribution in [2.75, 3.05) is 13.2 Å². The van der Waals surface area contributed by atoms with Crippen molar-refractivity contribution < 1.29 is 9.90 Å². The van der Waals surface area contributed by atoms with Gasteiger partial charge in [0.15, 0.2) is 0 Å². The van der Waals surface area contributed by atoms with E-state index in [0.29, 0.717) is 11.8 Å². The van der Waals surface area contributed by atoms with Crippen molar-refractivity contribution in [1.82, 2.24) is 4.90 Å². The Morgan fingerprint density at radius 3 is 2.77 bits per heavy atom. The topological polar surface area (TPSA) is 40.5 Å². The van der Waals surface area contributed by atoms with Gasteiger partial charge in [-0.2, -0.15) is 0 Å². The second-order valence-electron chi connectivity index (χ2n) is 9.62. The van der Waals surface area contributed by atoms with Gasteiger partial charge in [-0.1, -0.05) is 51.5 Å². The van der Waals surface area contributed by atoms with Crippen LogP contribution in [0, 0.1) is 17.3 Å². The van der Waals surface area contributed by atoms with Crippen LogP contribution in [-0.4, -0.2) is 35.1 Å². The number of fused-ring (bicyclic) bond motifs is 4. The van der Waals surface area contributed by atoms with Crippen molar-refractivity contribution in [1.29, 1.82) is 0 Å². The second kappa shape index (κ2) is 6.37. The molecule has 2 unspecified atom stereocenters. The molecule has 0 radical (unpaired) electrons. The van der Waals surface area contributed by atoms with Gasteiger partial charge < -0.3 is 10.0 Å². The lowest BCUT2D eigenvalue weighted by molar-refractivity contribution is -0.150. The first-order valence-corrected chi connectivity index (χ1v) is 10.4. The minimum atomic E-state index is 0.0698. The first-order chi connectivity index (χ1) is 12.4. The van der Waals surface area contributed by atoms with Gasteiger partial charge in [-0.15, -0.1) is 0 Å². The number of likely N-dealkylation sites (tertiary alicyclic amines) is 1. The third-order valence-corrected chi connectivity index (χ3v) is 8.18. The number of aliphatic hydroxyl groups excluding tert-OH is 1. The molecule has 3 nitrogen and oxygen atoms in total. The SMILES string of the molecule is CC1(C)[C@H]2Cc3ccccc3[C@]1(C)CCN2C(=O)C1CCCC(CO)C1. The third-order valence-electron chi connectivity index (χ3n) is 8.18. The minimum absolute atomic E-state index is 0.0698. The predicted molar refractivity (Wildman–Crippen MR) is 104 cm³/mol. The Morgan fingerprint density at radius 2 is 2.00 bits per heavy atom. The fourth-order valence-electron chi connectivity index (χ4n) is 6.05. The number of aliphatic hydroxyl groups is 1.